The number of amides is 1. The van der Waals surface area contributed by atoms with Gasteiger partial charge in [0, 0.05) is 51.0 Å². The van der Waals surface area contributed by atoms with E-state index in [0.717, 1.165) is 43.6 Å². The molecular formula is C16H24N4O. The van der Waals surface area contributed by atoms with E-state index in [0.29, 0.717) is 0 Å². The van der Waals surface area contributed by atoms with Gasteiger partial charge in [-0.25, -0.2) is 4.98 Å². The Hall–Kier alpha value is -1.62. The molecule has 1 saturated carbocycles. The maximum atomic E-state index is 12.5. The van der Waals surface area contributed by atoms with E-state index in [2.05, 4.69) is 15.2 Å². The van der Waals surface area contributed by atoms with Crippen molar-refractivity contribution in [3.05, 3.63) is 23.9 Å². The lowest BCUT2D eigenvalue weighted by Gasteiger charge is -2.38. The zero-order valence-corrected chi connectivity index (χ0v) is 12.7. The van der Waals surface area contributed by atoms with Gasteiger partial charge < -0.3 is 10.2 Å². The molecule has 1 aliphatic carbocycles. The zero-order valence-electron chi connectivity index (χ0n) is 12.7. The Labute approximate surface area is 126 Å². The van der Waals surface area contributed by atoms with Gasteiger partial charge in [0.25, 0.3) is 5.91 Å². The minimum atomic E-state index is 0.125. The van der Waals surface area contributed by atoms with Gasteiger partial charge >= 0.3 is 0 Å². The lowest BCUT2D eigenvalue weighted by atomic mass is 10.1. The number of anilines is 1. The molecule has 1 amide bonds. The maximum Gasteiger partial charge on any atom is 0.254 e. The smallest absolute Gasteiger partial charge is 0.254 e. The van der Waals surface area contributed by atoms with Crippen LogP contribution >= 0.6 is 0 Å². The molecule has 1 aromatic rings. The molecule has 3 rings (SSSR count). The third kappa shape index (κ3) is 3.18. The van der Waals surface area contributed by atoms with Gasteiger partial charge in [0.15, 0.2) is 0 Å². The van der Waals surface area contributed by atoms with Gasteiger partial charge in [0.1, 0.15) is 5.82 Å². The van der Waals surface area contributed by atoms with Crippen LogP contribution in [-0.2, 0) is 0 Å². The minimum Gasteiger partial charge on any atom is -0.373 e. The van der Waals surface area contributed by atoms with Gasteiger partial charge in [0.2, 0.25) is 0 Å². The Morgan fingerprint density at radius 3 is 2.62 bits per heavy atom. The molecular weight excluding hydrogens is 264 g/mol. The molecule has 21 heavy (non-hydrogen) atoms. The predicted molar refractivity (Wildman–Crippen MR) is 83.5 cm³/mol. The number of hydrogen-bond donors (Lipinski definition) is 1. The van der Waals surface area contributed by atoms with Crippen molar-refractivity contribution in [2.45, 2.75) is 31.7 Å². The fourth-order valence-corrected chi connectivity index (χ4v) is 3.44. The molecule has 1 aliphatic heterocycles. The van der Waals surface area contributed by atoms with Crippen LogP contribution in [-0.4, -0.2) is 60.0 Å². The molecule has 0 atom stereocenters. The Morgan fingerprint density at radius 2 is 1.95 bits per heavy atom. The van der Waals surface area contributed by atoms with Gasteiger partial charge in [-0.05, 0) is 25.0 Å². The summed E-state index contributed by atoms with van der Waals surface area (Å²) in [7, 11) is 1.82. The fourth-order valence-electron chi connectivity index (χ4n) is 3.44. The lowest BCUT2D eigenvalue weighted by Crippen LogP contribution is -2.51. The molecule has 2 aliphatic rings. The van der Waals surface area contributed by atoms with Gasteiger partial charge in [-0.2, -0.15) is 0 Å². The van der Waals surface area contributed by atoms with E-state index in [1.54, 1.807) is 12.3 Å². The van der Waals surface area contributed by atoms with Crippen molar-refractivity contribution >= 4 is 11.7 Å². The second-order valence-electron chi connectivity index (χ2n) is 5.95. The number of carbonyl (C=O) groups is 1. The molecule has 0 bridgehead atoms. The number of hydrogen-bond acceptors (Lipinski definition) is 4. The summed E-state index contributed by atoms with van der Waals surface area (Å²) in [6.45, 7) is 3.71. The fraction of sp³-hybridized carbons (Fsp3) is 0.625. The zero-order chi connectivity index (χ0) is 14.7. The van der Waals surface area contributed by atoms with Crippen molar-refractivity contribution in [2.75, 3.05) is 38.5 Å². The van der Waals surface area contributed by atoms with Crippen molar-refractivity contribution in [1.29, 1.82) is 0 Å². The first-order valence-electron chi connectivity index (χ1n) is 7.95. The Kier molecular flexibility index (Phi) is 4.39. The van der Waals surface area contributed by atoms with E-state index >= 15 is 0 Å². The summed E-state index contributed by atoms with van der Waals surface area (Å²) in [5.41, 5.74) is 0.726. The summed E-state index contributed by atoms with van der Waals surface area (Å²) in [6, 6.07) is 4.39. The Balaban J connectivity index is 1.59. The van der Waals surface area contributed by atoms with Crippen LogP contribution < -0.4 is 5.32 Å². The summed E-state index contributed by atoms with van der Waals surface area (Å²) in [5, 5.41) is 2.98. The minimum absolute atomic E-state index is 0.125. The second kappa shape index (κ2) is 6.43. The van der Waals surface area contributed by atoms with Crippen LogP contribution in [0.4, 0.5) is 5.82 Å². The van der Waals surface area contributed by atoms with E-state index in [9.17, 15) is 4.79 Å². The third-order valence-electron chi connectivity index (χ3n) is 4.71. The topological polar surface area (TPSA) is 48.5 Å². The maximum absolute atomic E-state index is 12.5. The molecule has 114 valence electrons. The normalized spacial score (nSPS) is 20.7. The van der Waals surface area contributed by atoms with Gasteiger partial charge in [0.05, 0.1) is 0 Å². The van der Waals surface area contributed by atoms with Gasteiger partial charge in [-0.15, -0.1) is 0 Å². The first-order chi connectivity index (χ1) is 10.3. The highest BCUT2D eigenvalue weighted by atomic mass is 16.2. The van der Waals surface area contributed by atoms with Crippen molar-refractivity contribution < 1.29 is 4.79 Å². The Bertz CT molecular complexity index is 491. The molecule has 1 saturated heterocycles. The molecule has 2 heterocycles. The highest BCUT2D eigenvalue weighted by Crippen LogP contribution is 2.24. The first kappa shape index (κ1) is 14.3. The number of nitrogens with zero attached hydrogens (tertiary/aromatic N) is 3. The van der Waals surface area contributed by atoms with Crippen LogP contribution in [0.2, 0.25) is 0 Å². The van der Waals surface area contributed by atoms with Crippen LogP contribution in [0, 0.1) is 0 Å². The number of piperazine rings is 1. The average molecular weight is 288 g/mol. The molecule has 2 fully saturated rings. The summed E-state index contributed by atoms with van der Waals surface area (Å²) < 4.78 is 0. The molecule has 0 aromatic carbocycles. The number of aromatic nitrogens is 1. The number of rotatable bonds is 3. The highest BCUT2D eigenvalue weighted by molar-refractivity contribution is 5.94. The third-order valence-corrected chi connectivity index (χ3v) is 4.71. The molecule has 1 aromatic heterocycles. The van der Waals surface area contributed by atoms with Crippen LogP contribution in [0.25, 0.3) is 0 Å². The van der Waals surface area contributed by atoms with E-state index in [1.807, 2.05) is 18.0 Å². The van der Waals surface area contributed by atoms with Crippen molar-refractivity contribution in [1.82, 2.24) is 14.8 Å². The van der Waals surface area contributed by atoms with E-state index < -0.39 is 0 Å². The largest absolute Gasteiger partial charge is 0.373 e. The summed E-state index contributed by atoms with van der Waals surface area (Å²) in [5.74, 6) is 0.866. The van der Waals surface area contributed by atoms with E-state index in [-0.39, 0.29) is 5.91 Å². The summed E-state index contributed by atoms with van der Waals surface area (Å²) in [6.07, 6.45) is 7.10. The second-order valence-corrected chi connectivity index (χ2v) is 5.95. The molecule has 5 nitrogen and oxygen atoms in total. The summed E-state index contributed by atoms with van der Waals surface area (Å²) >= 11 is 0. The molecule has 0 radical (unpaired) electrons. The number of nitrogens with one attached hydrogen (secondary N) is 1. The first-order valence-corrected chi connectivity index (χ1v) is 7.95. The van der Waals surface area contributed by atoms with Crippen LogP contribution in [0.15, 0.2) is 18.3 Å². The van der Waals surface area contributed by atoms with E-state index in [1.165, 1.54) is 25.7 Å². The standard InChI is InChI=1S/C16H24N4O/c1-17-15-12-13(6-7-18-15)16(21)20-10-8-19(9-11-20)14-4-2-3-5-14/h6-7,12,14H,2-5,8-11H2,1H3,(H,17,18). The Morgan fingerprint density at radius 1 is 1.24 bits per heavy atom. The number of pyridine rings is 1. The molecule has 1 N–H and O–H groups in total. The average Bonchev–Trinajstić information content (AvgIpc) is 3.09. The van der Waals surface area contributed by atoms with Gasteiger partial charge in [-0.3, -0.25) is 9.69 Å². The van der Waals surface area contributed by atoms with Crippen molar-refractivity contribution in [3.8, 4) is 0 Å². The van der Waals surface area contributed by atoms with E-state index in [4.69, 9.17) is 0 Å². The quantitative estimate of drug-likeness (QED) is 0.922. The van der Waals surface area contributed by atoms with Crippen LogP contribution in [0.5, 0.6) is 0 Å². The predicted octanol–water partition coefficient (Wildman–Crippen LogP) is 1.82. The van der Waals surface area contributed by atoms with Crippen LogP contribution in [0.1, 0.15) is 36.0 Å². The van der Waals surface area contributed by atoms with Crippen molar-refractivity contribution in [2.24, 2.45) is 0 Å². The summed E-state index contributed by atoms with van der Waals surface area (Å²) in [4.78, 5) is 21.3. The highest BCUT2D eigenvalue weighted by Gasteiger charge is 2.28. The number of carbonyl (C=O) groups excluding carboxylic acids is 1. The molecule has 0 spiro atoms. The van der Waals surface area contributed by atoms with Gasteiger partial charge in [-0.1, -0.05) is 12.8 Å². The van der Waals surface area contributed by atoms with Crippen LogP contribution in [0.3, 0.4) is 0 Å². The molecule has 0 unspecified atom stereocenters. The lowest BCUT2D eigenvalue weighted by molar-refractivity contribution is 0.0573. The SMILES string of the molecule is CNc1cc(C(=O)N2CCN(C3CCCC3)CC2)ccn1. The molecule has 5 heteroatoms. The van der Waals surface area contributed by atoms with Crippen molar-refractivity contribution in [3.63, 3.8) is 0 Å². The monoisotopic (exact) mass is 288 g/mol.